The number of methoxy groups -OCH3 is 2. The average molecular weight is 419 g/mol. The highest BCUT2D eigenvalue weighted by Gasteiger charge is 2.50. The summed E-state index contributed by atoms with van der Waals surface area (Å²) in [7, 11) is 2.26. The van der Waals surface area contributed by atoms with Crippen molar-refractivity contribution in [1.29, 1.82) is 0 Å². The van der Waals surface area contributed by atoms with E-state index in [0.29, 0.717) is 5.56 Å². The first-order chi connectivity index (χ1) is 14.1. The highest BCUT2D eigenvalue weighted by Crippen LogP contribution is 2.41. The Morgan fingerprint density at radius 2 is 1.53 bits per heavy atom. The van der Waals surface area contributed by atoms with Gasteiger partial charge in [0.05, 0.1) is 24.7 Å². The number of amides is 1. The van der Waals surface area contributed by atoms with E-state index in [9.17, 15) is 24.5 Å². The molecule has 1 heterocycles. The minimum Gasteiger partial charge on any atom is -0.466 e. The van der Waals surface area contributed by atoms with Crippen LogP contribution in [0.2, 0.25) is 0 Å². The van der Waals surface area contributed by atoms with Crippen molar-refractivity contribution in [1.82, 2.24) is 10.0 Å². The van der Waals surface area contributed by atoms with Crippen molar-refractivity contribution in [2.45, 2.75) is 45.8 Å². The van der Waals surface area contributed by atoms with Gasteiger partial charge in [0.1, 0.15) is 11.6 Å². The van der Waals surface area contributed by atoms with Gasteiger partial charge in [0.15, 0.2) is 0 Å². The number of rotatable bonds is 7. The first kappa shape index (κ1) is 23.0. The molecule has 1 amide bonds. The van der Waals surface area contributed by atoms with Gasteiger partial charge < -0.3 is 9.47 Å². The largest absolute Gasteiger partial charge is 0.466 e. The topological polar surface area (TPSA) is 119 Å². The van der Waals surface area contributed by atoms with Gasteiger partial charge in [-0.15, -0.1) is 0 Å². The molecule has 0 radical (unpaired) electrons. The van der Waals surface area contributed by atoms with Gasteiger partial charge in [0.25, 0.3) is 11.6 Å². The Labute approximate surface area is 174 Å². The molecule has 0 fully saturated rings. The number of benzene rings is 1. The van der Waals surface area contributed by atoms with Crippen LogP contribution in [0.25, 0.3) is 0 Å². The van der Waals surface area contributed by atoms with E-state index in [1.165, 1.54) is 29.3 Å². The summed E-state index contributed by atoms with van der Waals surface area (Å²) in [6.07, 6.45) is 0. The van der Waals surface area contributed by atoms with Gasteiger partial charge in [-0.3, -0.25) is 19.9 Å². The Balaban J connectivity index is 2.78. The number of carbonyl (C=O) groups excluding carboxylic acids is 3. The lowest BCUT2D eigenvalue weighted by Gasteiger charge is -2.42. The Hall–Kier alpha value is -3.27. The molecule has 1 aliphatic heterocycles. The summed E-state index contributed by atoms with van der Waals surface area (Å²) in [6.45, 7) is 7.48. The molecule has 0 N–H and O–H groups in total. The van der Waals surface area contributed by atoms with Crippen molar-refractivity contribution in [3.8, 4) is 0 Å². The van der Waals surface area contributed by atoms with Crippen molar-refractivity contribution in [3.63, 3.8) is 0 Å². The van der Waals surface area contributed by atoms with Gasteiger partial charge in [0, 0.05) is 24.2 Å². The van der Waals surface area contributed by atoms with E-state index in [0.717, 1.165) is 14.2 Å². The molecule has 0 saturated carbocycles. The Kier molecular flexibility index (Phi) is 6.93. The number of nitro groups is 1. The molecule has 1 aromatic carbocycles. The third kappa shape index (κ3) is 4.04. The van der Waals surface area contributed by atoms with Crippen molar-refractivity contribution >= 4 is 23.5 Å². The van der Waals surface area contributed by atoms with E-state index in [1.807, 2.05) is 27.7 Å². The number of hydrogen-bond acceptors (Lipinski definition) is 8. The highest BCUT2D eigenvalue weighted by molar-refractivity contribution is 6.23. The van der Waals surface area contributed by atoms with Gasteiger partial charge in [-0.25, -0.2) is 14.6 Å². The van der Waals surface area contributed by atoms with E-state index in [1.54, 1.807) is 5.01 Å². The van der Waals surface area contributed by atoms with Crippen LogP contribution in [-0.2, 0) is 23.9 Å². The number of hydrogen-bond donors (Lipinski definition) is 0. The molecule has 1 aromatic rings. The van der Waals surface area contributed by atoms with Crippen molar-refractivity contribution in [2.75, 3.05) is 14.2 Å². The fourth-order valence-corrected chi connectivity index (χ4v) is 3.65. The molecule has 10 heteroatoms. The number of hydrazine groups is 1. The fraction of sp³-hybridized carbons (Fsp3) is 0.450. The minimum absolute atomic E-state index is 0.143. The molecule has 10 nitrogen and oxygen atoms in total. The van der Waals surface area contributed by atoms with E-state index in [-0.39, 0.29) is 23.3 Å². The number of non-ortho nitro benzene ring substituents is 1. The molecule has 1 aliphatic rings. The summed E-state index contributed by atoms with van der Waals surface area (Å²) in [4.78, 5) is 48.9. The maximum atomic E-state index is 13.4. The highest BCUT2D eigenvalue weighted by atomic mass is 16.6. The minimum atomic E-state index is -1.01. The fourth-order valence-electron chi connectivity index (χ4n) is 3.65. The lowest BCUT2D eigenvalue weighted by atomic mass is 9.97. The summed E-state index contributed by atoms with van der Waals surface area (Å²) in [5, 5.41) is 14.1. The first-order valence-corrected chi connectivity index (χ1v) is 9.33. The molecule has 0 bridgehead atoms. The van der Waals surface area contributed by atoms with Crippen LogP contribution in [0.15, 0.2) is 35.4 Å². The monoisotopic (exact) mass is 419 g/mol. The maximum absolute atomic E-state index is 13.4. The third-order valence-corrected chi connectivity index (χ3v) is 4.73. The summed E-state index contributed by atoms with van der Waals surface area (Å²) in [5.74, 6) is -2.52. The molecule has 1 unspecified atom stereocenters. The molecule has 0 spiro atoms. The van der Waals surface area contributed by atoms with Crippen LogP contribution in [-0.4, -0.2) is 59.1 Å². The van der Waals surface area contributed by atoms with Crippen molar-refractivity contribution in [2.24, 2.45) is 0 Å². The second-order valence-electron chi connectivity index (χ2n) is 7.24. The molecule has 1 atom stereocenters. The number of esters is 2. The molecule has 0 aliphatic carbocycles. The molecular weight excluding hydrogens is 394 g/mol. The average Bonchev–Trinajstić information content (AvgIpc) is 2.99. The predicted octanol–water partition coefficient (Wildman–Crippen LogP) is 2.15. The van der Waals surface area contributed by atoms with Crippen LogP contribution < -0.4 is 0 Å². The predicted molar refractivity (Wildman–Crippen MR) is 106 cm³/mol. The SMILES string of the molecule is COC(=O)C1=C(C(=O)OC)C(c2ccc([N+](=O)[O-])cc2)N(N(C(C)C)C(C)C)C1=O. The summed E-state index contributed by atoms with van der Waals surface area (Å²) >= 11 is 0. The molecule has 2 rings (SSSR count). The quantitative estimate of drug-likeness (QED) is 0.285. The van der Waals surface area contributed by atoms with Gasteiger partial charge in [-0.2, -0.15) is 0 Å². The number of nitro benzene ring substituents is 1. The molecule has 0 aromatic heterocycles. The Morgan fingerprint density at radius 3 is 1.93 bits per heavy atom. The lowest BCUT2D eigenvalue weighted by Crippen LogP contribution is -2.53. The Bertz CT molecular complexity index is 882. The summed E-state index contributed by atoms with van der Waals surface area (Å²) < 4.78 is 9.61. The van der Waals surface area contributed by atoms with Crippen LogP contribution in [0, 0.1) is 10.1 Å². The van der Waals surface area contributed by atoms with Crippen LogP contribution in [0.4, 0.5) is 5.69 Å². The van der Waals surface area contributed by atoms with Gasteiger partial charge in [0.2, 0.25) is 0 Å². The number of ether oxygens (including phenoxy) is 2. The van der Waals surface area contributed by atoms with Gasteiger partial charge in [-0.1, -0.05) is 0 Å². The van der Waals surface area contributed by atoms with Crippen molar-refractivity contribution < 1.29 is 28.8 Å². The first-order valence-electron chi connectivity index (χ1n) is 9.33. The Morgan fingerprint density at radius 1 is 1.03 bits per heavy atom. The van der Waals surface area contributed by atoms with Gasteiger partial charge >= 0.3 is 11.9 Å². The normalized spacial score (nSPS) is 16.6. The molecule has 162 valence electrons. The zero-order valence-electron chi connectivity index (χ0n) is 17.7. The lowest BCUT2D eigenvalue weighted by molar-refractivity contribution is -0.384. The van der Waals surface area contributed by atoms with Crippen LogP contribution in [0.1, 0.15) is 39.3 Å². The zero-order chi connectivity index (χ0) is 22.7. The smallest absolute Gasteiger partial charge is 0.344 e. The van der Waals surface area contributed by atoms with E-state index < -0.39 is 34.4 Å². The number of nitrogens with zero attached hydrogens (tertiary/aromatic N) is 3. The standard InChI is InChI=1S/C20H25N3O7/c1-11(2)21(12(3)4)22-17(13-7-9-14(10-8-13)23(27)28)15(19(25)29-5)16(18(22)24)20(26)30-6/h7-12,17H,1-6H3. The van der Waals surface area contributed by atoms with Crippen LogP contribution >= 0.6 is 0 Å². The number of carbonyl (C=O) groups is 3. The second kappa shape index (κ2) is 9.04. The molecular formula is C20H25N3O7. The zero-order valence-corrected chi connectivity index (χ0v) is 17.7. The van der Waals surface area contributed by atoms with Crippen LogP contribution in [0.3, 0.4) is 0 Å². The van der Waals surface area contributed by atoms with Crippen LogP contribution in [0.5, 0.6) is 0 Å². The summed E-state index contributed by atoms with van der Waals surface area (Å²) in [5.41, 5.74) is -0.316. The maximum Gasteiger partial charge on any atom is 0.344 e. The third-order valence-electron chi connectivity index (χ3n) is 4.73. The molecule has 30 heavy (non-hydrogen) atoms. The molecule has 0 saturated heterocycles. The van der Waals surface area contributed by atoms with Gasteiger partial charge in [-0.05, 0) is 45.4 Å². The van der Waals surface area contributed by atoms with E-state index >= 15 is 0 Å². The van der Waals surface area contributed by atoms with E-state index in [2.05, 4.69) is 0 Å². The van der Waals surface area contributed by atoms with E-state index in [4.69, 9.17) is 9.47 Å². The second-order valence-corrected chi connectivity index (χ2v) is 7.24. The van der Waals surface area contributed by atoms with Crippen molar-refractivity contribution in [3.05, 3.63) is 51.1 Å². The summed E-state index contributed by atoms with van der Waals surface area (Å²) in [6, 6.07) is 4.12.